The van der Waals surface area contributed by atoms with Gasteiger partial charge in [0.05, 0.1) is 0 Å². The van der Waals surface area contributed by atoms with E-state index >= 15 is 0 Å². The van der Waals surface area contributed by atoms with Crippen LogP contribution in [-0.2, 0) is 0 Å². The van der Waals surface area contributed by atoms with E-state index in [1.165, 1.54) is 12.0 Å². The molecule has 0 aliphatic rings. The van der Waals surface area contributed by atoms with Crippen LogP contribution in [0.3, 0.4) is 0 Å². The lowest BCUT2D eigenvalue weighted by Gasteiger charge is -1.82. The lowest BCUT2D eigenvalue weighted by Crippen LogP contribution is -1.62. The first-order chi connectivity index (χ1) is 8.81. The molecule has 0 bridgehead atoms. The Morgan fingerprint density at radius 1 is 0.611 bits per heavy atom. The number of aryl methyl sites for hydroxylation is 1. The fraction of sp³-hybridized carbons (Fsp3) is 0.333. The maximum absolute atomic E-state index is 2.12. The van der Waals surface area contributed by atoms with Gasteiger partial charge in [-0.15, -0.1) is 0 Å². The predicted molar refractivity (Wildman–Crippen MR) is 84.9 cm³/mol. The van der Waals surface area contributed by atoms with Gasteiger partial charge >= 0.3 is 0 Å². The standard InChI is InChI=1S/C7H8.C6H6.C3H8.C2H6/c1-7-5-3-2-4-6-7;1-2-4-6-5-3-1;1-3-2;1-2/h2-6H,1H3;1-6H;3H2,1-2H3;1-2H3. The van der Waals surface area contributed by atoms with Gasteiger partial charge in [-0.25, -0.2) is 0 Å². The summed E-state index contributed by atoms with van der Waals surface area (Å²) < 4.78 is 0. The van der Waals surface area contributed by atoms with Crippen molar-refractivity contribution in [2.45, 2.75) is 41.0 Å². The highest BCUT2D eigenvalue weighted by Gasteiger charge is 1.72. The normalized spacial score (nSPS) is 7.39. The first kappa shape index (κ1) is 18.8. The minimum absolute atomic E-state index is 1.25. The summed E-state index contributed by atoms with van der Waals surface area (Å²) in [6, 6.07) is 22.3. The van der Waals surface area contributed by atoms with Crippen molar-refractivity contribution in [1.29, 1.82) is 0 Å². The van der Waals surface area contributed by atoms with E-state index in [-0.39, 0.29) is 0 Å². The van der Waals surface area contributed by atoms with Crippen molar-refractivity contribution >= 4 is 0 Å². The fourth-order valence-electron chi connectivity index (χ4n) is 0.919. The van der Waals surface area contributed by atoms with Crippen LogP contribution in [0.4, 0.5) is 0 Å². The van der Waals surface area contributed by atoms with Gasteiger partial charge in [0.1, 0.15) is 0 Å². The van der Waals surface area contributed by atoms with Crippen LogP contribution >= 0.6 is 0 Å². The highest BCUT2D eigenvalue weighted by Crippen LogP contribution is 1.92. The Morgan fingerprint density at radius 3 is 1.00 bits per heavy atom. The zero-order chi connectivity index (χ0) is 14.1. The molecule has 2 rings (SSSR count). The quantitative estimate of drug-likeness (QED) is 0.523. The maximum atomic E-state index is 2.12. The van der Waals surface area contributed by atoms with Gasteiger partial charge < -0.3 is 0 Å². The molecule has 0 heterocycles. The predicted octanol–water partition coefficient (Wildman–Crippen LogP) is 6.12. The van der Waals surface area contributed by atoms with Crippen molar-refractivity contribution < 1.29 is 0 Å². The number of benzene rings is 2. The second kappa shape index (κ2) is 17.8. The Hall–Kier alpha value is -1.56. The molecule has 0 saturated carbocycles. The third-order valence-corrected chi connectivity index (χ3v) is 1.61. The molecule has 0 unspecified atom stereocenters. The Labute approximate surface area is 114 Å². The average Bonchev–Trinajstić information content (AvgIpc) is 2.45. The molecule has 0 N–H and O–H groups in total. The summed E-state index contributed by atoms with van der Waals surface area (Å²) >= 11 is 0. The third-order valence-electron chi connectivity index (χ3n) is 1.61. The first-order valence-electron chi connectivity index (χ1n) is 6.82. The molecule has 18 heavy (non-hydrogen) atoms. The van der Waals surface area contributed by atoms with Crippen LogP contribution in [0.5, 0.6) is 0 Å². The fourth-order valence-corrected chi connectivity index (χ4v) is 0.919. The van der Waals surface area contributed by atoms with E-state index < -0.39 is 0 Å². The van der Waals surface area contributed by atoms with E-state index in [4.69, 9.17) is 0 Å². The van der Waals surface area contributed by atoms with Crippen molar-refractivity contribution in [2.75, 3.05) is 0 Å². The smallest absolute Gasteiger partial charge is 0.0398 e. The maximum Gasteiger partial charge on any atom is -0.0398 e. The van der Waals surface area contributed by atoms with Crippen molar-refractivity contribution in [3.05, 3.63) is 72.3 Å². The second-order valence-corrected chi connectivity index (χ2v) is 3.52. The molecule has 0 atom stereocenters. The van der Waals surface area contributed by atoms with E-state index in [2.05, 4.69) is 32.9 Å². The molecule has 0 nitrogen and oxygen atoms in total. The molecule has 0 aliphatic heterocycles. The van der Waals surface area contributed by atoms with Gasteiger partial charge in [0.2, 0.25) is 0 Å². The Morgan fingerprint density at radius 2 is 0.833 bits per heavy atom. The summed E-state index contributed by atoms with van der Waals surface area (Å²) in [6.07, 6.45) is 1.25. The third kappa shape index (κ3) is 16.9. The molecule has 0 aliphatic carbocycles. The van der Waals surface area contributed by atoms with E-state index in [9.17, 15) is 0 Å². The molecule has 0 aromatic heterocycles. The van der Waals surface area contributed by atoms with Crippen LogP contribution in [0.25, 0.3) is 0 Å². The lowest BCUT2D eigenvalue weighted by molar-refractivity contribution is 1.09. The SMILES string of the molecule is CC.CCC.Cc1ccccc1.c1ccccc1. The second-order valence-electron chi connectivity index (χ2n) is 3.52. The molecule has 0 spiro atoms. The molecular weight excluding hydrogens is 216 g/mol. The van der Waals surface area contributed by atoms with Gasteiger partial charge in [-0.2, -0.15) is 0 Å². The molecule has 0 fully saturated rings. The molecule has 0 saturated heterocycles. The largest absolute Gasteiger partial charge is 0.0683 e. The zero-order valence-electron chi connectivity index (χ0n) is 12.6. The van der Waals surface area contributed by atoms with Crippen molar-refractivity contribution in [3.63, 3.8) is 0 Å². The summed E-state index contributed by atoms with van der Waals surface area (Å²) in [5.74, 6) is 0. The van der Waals surface area contributed by atoms with Gasteiger partial charge in [-0.1, -0.05) is 106 Å². The van der Waals surface area contributed by atoms with Crippen LogP contribution in [0.2, 0.25) is 0 Å². The summed E-state index contributed by atoms with van der Waals surface area (Å²) in [6.45, 7) is 10.3. The van der Waals surface area contributed by atoms with Crippen LogP contribution in [0, 0.1) is 6.92 Å². The molecule has 0 heteroatoms. The number of rotatable bonds is 0. The zero-order valence-corrected chi connectivity index (χ0v) is 12.6. The monoisotopic (exact) mass is 244 g/mol. The van der Waals surface area contributed by atoms with Crippen LogP contribution in [0.15, 0.2) is 66.7 Å². The summed E-state index contributed by atoms with van der Waals surface area (Å²) in [7, 11) is 0. The first-order valence-corrected chi connectivity index (χ1v) is 6.82. The van der Waals surface area contributed by atoms with E-state index in [0.29, 0.717) is 0 Å². The molecular formula is C18H28. The average molecular weight is 244 g/mol. The molecule has 2 aromatic carbocycles. The summed E-state index contributed by atoms with van der Waals surface area (Å²) in [4.78, 5) is 0. The minimum atomic E-state index is 1.25. The van der Waals surface area contributed by atoms with Crippen LogP contribution < -0.4 is 0 Å². The van der Waals surface area contributed by atoms with Crippen molar-refractivity contribution in [2.24, 2.45) is 0 Å². The topological polar surface area (TPSA) is 0 Å². The molecule has 100 valence electrons. The van der Waals surface area contributed by atoms with Gasteiger partial charge in [-0.05, 0) is 6.92 Å². The lowest BCUT2D eigenvalue weighted by atomic mass is 10.2. The number of hydrogen-bond donors (Lipinski definition) is 0. The van der Waals surface area contributed by atoms with E-state index in [0.717, 1.165) is 0 Å². The van der Waals surface area contributed by atoms with Crippen LogP contribution in [-0.4, -0.2) is 0 Å². The highest BCUT2D eigenvalue weighted by atomic mass is 13.8. The summed E-state index contributed by atoms with van der Waals surface area (Å²) in [5.41, 5.74) is 1.32. The number of hydrogen-bond acceptors (Lipinski definition) is 0. The highest BCUT2D eigenvalue weighted by molar-refractivity contribution is 5.11. The van der Waals surface area contributed by atoms with Crippen molar-refractivity contribution in [3.8, 4) is 0 Å². The van der Waals surface area contributed by atoms with Crippen molar-refractivity contribution in [1.82, 2.24) is 0 Å². The Balaban J connectivity index is 0. The van der Waals surface area contributed by atoms with Gasteiger partial charge in [0.15, 0.2) is 0 Å². The van der Waals surface area contributed by atoms with E-state index in [1.807, 2.05) is 68.4 Å². The Kier molecular flexibility index (Phi) is 18.6. The molecule has 2 aromatic rings. The van der Waals surface area contributed by atoms with Gasteiger partial charge in [0, 0.05) is 0 Å². The van der Waals surface area contributed by atoms with Crippen LogP contribution in [0.1, 0.15) is 39.7 Å². The molecule has 0 amide bonds. The molecule has 0 radical (unpaired) electrons. The van der Waals surface area contributed by atoms with Gasteiger partial charge in [-0.3, -0.25) is 0 Å². The van der Waals surface area contributed by atoms with E-state index in [1.54, 1.807) is 0 Å². The minimum Gasteiger partial charge on any atom is -0.0683 e. The summed E-state index contributed by atoms with van der Waals surface area (Å²) in [5, 5.41) is 0. The van der Waals surface area contributed by atoms with Gasteiger partial charge in [0.25, 0.3) is 0 Å². The Bertz CT molecular complexity index is 284.